The molecule has 0 aliphatic carbocycles. The number of Topliss-reactive ketones (excluding diaryl/α,β-unsaturated/α-hetero) is 1. The van der Waals surface area contributed by atoms with Gasteiger partial charge in [0, 0.05) is 35.7 Å². The fourth-order valence-corrected chi connectivity index (χ4v) is 3.98. The molecule has 1 aliphatic heterocycles. The van der Waals surface area contributed by atoms with Crippen molar-refractivity contribution in [1.82, 2.24) is 4.98 Å². The second kappa shape index (κ2) is 9.03. The van der Waals surface area contributed by atoms with Gasteiger partial charge in [-0.1, -0.05) is 37.2 Å². The average molecular weight is 431 g/mol. The molecule has 1 atom stereocenters. The number of rotatable bonds is 6. The fourth-order valence-electron chi connectivity index (χ4n) is 3.98. The van der Waals surface area contributed by atoms with E-state index in [0.29, 0.717) is 29.5 Å². The summed E-state index contributed by atoms with van der Waals surface area (Å²) in [7, 11) is 0. The minimum Gasteiger partial charge on any atom is -0.385 e. The molecule has 0 fully saturated rings. The predicted molar refractivity (Wildman–Crippen MR) is 124 cm³/mol. The van der Waals surface area contributed by atoms with Gasteiger partial charge < -0.3 is 4.84 Å². The van der Waals surface area contributed by atoms with Crippen molar-refractivity contribution >= 4 is 11.5 Å². The van der Waals surface area contributed by atoms with E-state index < -0.39 is 0 Å². The van der Waals surface area contributed by atoms with Crippen molar-refractivity contribution < 1.29 is 14.0 Å². The van der Waals surface area contributed by atoms with Gasteiger partial charge in [0.1, 0.15) is 5.82 Å². The second-order valence-electron chi connectivity index (χ2n) is 8.85. The van der Waals surface area contributed by atoms with Crippen LogP contribution in [0.1, 0.15) is 65.5 Å². The van der Waals surface area contributed by atoms with Gasteiger partial charge in [-0.25, -0.2) is 4.39 Å². The van der Waals surface area contributed by atoms with Crippen LogP contribution in [0.25, 0.3) is 11.1 Å². The van der Waals surface area contributed by atoms with E-state index in [0.717, 1.165) is 28.1 Å². The maximum Gasteiger partial charge on any atom is 0.175 e. The van der Waals surface area contributed by atoms with Gasteiger partial charge in [-0.05, 0) is 66.8 Å². The summed E-state index contributed by atoms with van der Waals surface area (Å²) in [5.74, 6) is -0.0438. The Labute approximate surface area is 188 Å². The van der Waals surface area contributed by atoms with Gasteiger partial charge in [-0.15, -0.1) is 0 Å². The minimum absolute atomic E-state index is 0.0345. The van der Waals surface area contributed by atoms with Crippen LogP contribution < -0.4 is 0 Å². The standard InChI is InChI=1S/C27H27FN2O2/c1-16(2)10-25(31)21-13-19(22-8-7-17(3)11-23(22)28)12-20(14-21)24-15-26(32-30-24)27-18(4)6-5-9-29-27/h5-9,11-14,16,26H,10,15H2,1-4H3. The summed E-state index contributed by atoms with van der Waals surface area (Å²) in [4.78, 5) is 23.1. The Hall–Kier alpha value is -3.34. The Morgan fingerprint density at radius 3 is 2.62 bits per heavy atom. The molecule has 4 rings (SSSR count). The zero-order valence-electron chi connectivity index (χ0n) is 18.9. The third kappa shape index (κ3) is 4.62. The van der Waals surface area contributed by atoms with Crippen molar-refractivity contribution in [1.29, 1.82) is 0 Å². The molecule has 2 aromatic carbocycles. The number of hydrogen-bond acceptors (Lipinski definition) is 4. The lowest BCUT2D eigenvalue weighted by molar-refractivity contribution is 0.0821. The van der Waals surface area contributed by atoms with Crippen molar-refractivity contribution in [2.75, 3.05) is 0 Å². The molecule has 0 amide bonds. The van der Waals surface area contributed by atoms with Crippen LogP contribution >= 0.6 is 0 Å². The molecule has 0 radical (unpaired) electrons. The van der Waals surface area contributed by atoms with Crippen molar-refractivity contribution in [3.8, 4) is 11.1 Å². The van der Waals surface area contributed by atoms with Crippen LogP contribution in [0, 0.1) is 25.6 Å². The Bertz CT molecular complexity index is 1200. The summed E-state index contributed by atoms with van der Waals surface area (Å²) < 4.78 is 14.8. The van der Waals surface area contributed by atoms with E-state index in [4.69, 9.17) is 4.84 Å². The highest BCUT2D eigenvalue weighted by atomic mass is 19.1. The molecule has 32 heavy (non-hydrogen) atoms. The van der Waals surface area contributed by atoms with Gasteiger partial charge in [0.2, 0.25) is 0 Å². The molecular weight excluding hydrogens is 403 g/mol. The largest absolute Gasteiger partial charge is 0.385 e. The molecule has 0 saturated heterocycles. The number of benzene rings is 2. The number of pyridine rings is 1. The summed E-state index contributed by atoms with van der Waals surface area (Å²) in [6.07, 6.45) is 2.43. The first-order chi connectivity index (χ1) is 15.3. The molecule has 0 saturated carbocycles. The molecule has 3 aromatic rings. The van der Waals surface area contributed by atoms with E-state index in [2.05, 4.69) is 10.1 Å². The Kier molecular flexibility index (Phi) is 6.17. The normalized spacial score (nSPS) is 15.6. The molecule has 1 aliphatic rings. The number of hydrogen-bond donors (Lipinski definition) is 0. The summed E-state index contributed by atoms with van der Waals surface area (Å²) in [6, 6.07) is 14.5. The molecule has 0 spiro atoms. The van der Waals surface area contributed by atoms with Crippen LogP contribution in [0.4, 0.5) is 4.39 Å². The van der Waals surface area contributed by atoms with Crippen LogP contribution in [-0.4, -0.2) is 16.5 Å². The zero-order valence-corrected chi connectivity index (χ0v) is 18.9. The maximum absolute atomic E-state index is 14.8. The number of ketones is 1. The number of aromatic nitrogens is 1. The second-order valence-corrected chi connectivity index (χ2v) is 8.85. The number of carbonyl (C=O) groups is 1. The number of aryl methyl sites for hydroxylation is 2. The first-order valence-electron chi connectivity index (χ1n) is 10.9. The molecular formula is C27H27FN2O2. The van der Waals surface area contributed by atoms with Crippen molar-refractivity contribution in [3.05, 3.63) is 88.5 Å². The lowest BCUT2D eigenvalue weighted by Gasteiger charge is -2.12. The number of nitrogens with zero attached hydrogens (tertiary/aromatic N) is 2. The Morgan fingerprint density at radius 1 is 1.12 bits per heavy atom. The van der Waals surface area contributed by atoms with Crippen LogP contribution in [0.5, 0.6) is 0 Å². The number of oxime groups is 1. The van der Waals surface area contributed by atoms with Crippen molar-refractivity contribution in [3.63, 3.8) is 0 Å². The van der Waals surface area contributed by atoms with E-state index >= 15 is 0 Å². The number of halogens is 1. The lowest BCUT2D eigenvalue weighted by atomic mass is 9.91. The third-order valence-corrected chi connectivity index (χ3v) is 5.64. The molecule has 1 aromatic heterocycles. The van der Waals surface area contributed by atoms with E-state index in [-0.39, 0.29) is 23.6 Å². The van der Waals surface area contributed by atoms with E-state index in [1.54, 1.807) is 18.3 Å². The predicted octanol–water partition coefficient (Wildman–Crippen LogP) is 6.60. The summed E-state index contributed by atoms with van der Waals surface area (Å²) >= 11 is 0. The summed E-state index contributed by atoms with van der Waals surface area (Å²) in [5, 5.41) is 4.31. The topological polar surface area (TPSA) is 51.5 Å². The van der Waals surface area contributed by atoms with Crippen LogP contribution in [0.15, 0.2) is 59.9 Å². The van der Waals surface area contributed by atoms with Crippen molar-refractivity contribution in [2.45, 2.75) is 46.6 Å². The average Bonchev–Trinajstić information content (AvgIpc) is 3.23. The van der Waals surface area contributed by atoms with Crippen molar-refractivity contribution in [2.24, 2.45) is 11.1 Å². The van der Waals surface area contributed by atoms with E-state index in [1.165, 1.54) is 6.07 Å². The van der Waals surface area contributed by atoms with Gasteiger partial charge >= 0.3 is 0 Å². The minimum atomic E-state index is -0.309. The van der Waals surface area contributed by atoms with Crippen LogP contribution in [0.2, 0.25) is 0 Å². The van der Waals surface area contributed by atoms with E-state index in [1.807, 2.05) is 58.0 Å². The van der Waals surface area contributed by atoms with Crippen LogP contribution in [0.3, 0.4) is 0 Å². The molecule has 164 valence electrons. The molecule has 0 N–H and O–H groups in total. The zero-order chi connectivity index (χ0) is 22.8. The van der Waals surface area contributed by atoms with Gasteiger partial charge in [0.15, 0.2) is 11.9 Å². The third-order valence-electron chi connectivity index (χ3n) is 5.64. The Balaban J connectivity index is 1.73. The maximum atomic E-state index is 14.8. The molecule has 0 bridgehead atoms. The highest BCUT2D eigenvalue weighted by Crippen LogP contribution is 2.33. The van der Waals surface area contributed by atoms with Gasteiger partial charge in [-0.2, -0.15) is 0 Å². The lowest BCUT2D eigenvalue weighted by Crippen LogP contribution is -2.08. The van der Waals surface area contributed by atoms with E-state index in [9.17, 15) is 9.18 Å². The fraction of sp³-hybridized carbons (Fsp3) is 0.296. The quantitative estimate of drug-likeness (QED) is 0.414. The first-order valence-corrected chi connectivity index (χ1v) is 10.9. The number of carbonyl (C=O) groups excluding carboxylic acids is 1. The molecule has 1 unspecified atom stereocenters. The highest BCUT2D eigenvalue weighted by Gasteiger charge is 2.27. The molecule has 5 heteroatoms. The first kappa shape index (κ1) is 21.9. The summed E-state index contributed by atoms with van der Waals surface area (Å²) in [5.41, 5.74) is 5.92. The summed E-state index contributed by atoms with van der Waals surface area (Å²) in [6.45, 7) is 7.87. The SMILES string of the molecule is Cc1ccc(-c2cc(C(=O)CC(C)C)cc(C3=NOC(c4ncccc4C)C3)c2)c(F)c1. The molecule has 4 nitrogen and oxygen atoms in total. The molecule has 2 heterocycles. The smallest absolute Gasteiger partial charge is 0.175 e. The Morgan fingerprint density at radius 2 is 1.91 bits per heavy atom. The monoisotopic (exact) mass is 430 g/mol. The van der Waals surface area contributed by atoms with Gasteiger partial charge in [0.25, 0.3) is 0 Å². The van der Waals surface area contributed by atoms with Crippen LogP contribution in [-0.2, 0) is 4.84 Å². The van der Waals surface area contributed by atoms with Gasteiger partial charge in [-0.3, -0.25) is 9.78 Å². The highest BCUT2D eigenvalue weighted by molar-refractivity contribution is 6.05. The van der Waals surface area contributed by atoms with Gasteiger partial charge in [0.05, 0.1) is 11.4 Å².